The van der Waals surface area contributed by atoms with Crippen LogP contribution in [0.3, 0.4) is 0 Å². The van der Waals surface area contributed by atoms with Crippen LogP contribution in [0.5, 0.6) is 5.75 Å². The third-order valence-corrected chi connectivity index (χ3v) is 5.80. The van der Waals surface area contributed by atoms with E-state index in [2.05, 4.69) is 20.5 Å². The molecular formula is C21H23N7O3. The molecule has 0 bridgehead atoms. The quantitative estimate of drug-likeness (QED) is 0.646. The van der Waals surface area contributed by atoms with Crippen LogP contribution in [0.2, 0.25) is 0 Å². The van der Waals surface area contributed by atoms with Crippen LogP contribution in [0.25, 0.3) is 11.3 Å². The maximum Gasteiger partial charge on any atom is 0.272 e. The average Bonchev–Trinajstić information content (AvgIpc) is 3.49. The molecule has 2 saturated heterocycles. The fourth-order valence-corrected chi connectivity index (χ4v) is 4.02. The van der Waals surface area contributed by atoms with Crippen LogP contribution in [0.1, 0.15) is 35.1 Å². The number of nitrogens with one attached hydrogen (secondary N) is 1. The Labute approximate surface area is 178 Å². The van der Waals surface area contributed by atoms with Crippen molar-refractivity contribution in [2.75, 3.05) is 26.7 Å². The first-order valence-electron chi connectivity index (χ1n) is 10.3. The van der Waals surface area contributed by atoms with E-state index >= 15 is 0 Å². The van der Waals surface area contributed by atoms with Crippen molar-refractivity contribution in [2.24, 2.45) is 0 Å². The predicted molar refractivity (Wildman–Crippen MR) is 110 cm³/mol. The second-order valence-corrected chi connectivity index (χ2v) is 7.84. The molecule has 2 amide bonds. The van der Waals surface area contributed by atoms with Gasteiger partial charge in [0.25, 0.3) is 5.91 Å². The number of amides is 2. The molecule has 0 unspecified atom stereocenters. The highest BCUT2D eigenvalue weighted by atomic mass is 16.5. The van der Waals surface area contributed by atoms with Gasteiger partial charge in [-0.15, -0.1) is 5.10 Å². The summed E-state index contributed by atoms with van der Waals surface area (Å²) in [6.45, 7) is 2.37. The lowest BCUT2D eigenvalue weighted by atomic mass is 10.1. The van der Waals surface area contributed by atoms with Crippen molar-refractivity contribution < 1.29 is 14.3 Å². The van der Waals surface area contributed by atoms with Crippen LogP contribution >= 0.6 is 0 Å². The molecule has 1 N–H and O–H groups in total. The van der Waals surface area contributed by atoms with Crippen LogP contribution in [-0.2, 0) is 11.3 Å². The molecule has 0 saturated carbocycles. The first kappa shape index (κ1) is 19.3. The predicted octanol–water partition coefficient (Wildman–Crippen LogP) is 1.50. The minimum Gasteiger partial charge on any atom is -0.496 e. The van der Waals surface area contributed by atoms with E-state index in [1.165, 1.54) is 0 Å². The smallest absolute Gasteiger partial charge is 0.272 e. The minimum absolute atomic E-state index is 0.0797. The Morgan fingerprint density at radius 3 is 2.90 bits per heavy atom. The first-order chi connectivity index (χ1) is 15.1. The Balaban J connectivity index is 1.20. The molecule has 5 rings (SSSR count). The number of hydrogen-bond donors (Lipinski definition) is 1. The third kappa shape index (κ3) is 3.65. The van der Waals surface area contributed by atoms with Crippen molar-refractivity contribution in [3.63, 3.8) is 0 Å². The lowest BCUT2D eigenvalue weighted by Crippen LogP contribution is -2.51. The summed E-state index contributed by atoms with van der Waals surface area (Å²) in [5, 5.41) is 15.5. The number of methoxy groups -OCH3 is 1. The van der Waals surface area contributed by atoms with E-state index in [9.17, 15) is 9.59 Å². The molecule has 160 valence electrons. The molecule has 0 spiro atoms. The maximum absolute atomic E-state index is 12.8. The molecule has 2 aliphatic heterocycles. The largest absolute Gasteiger partial charge is 0.496 e. The van der Waals surface area contributed by atoms with Crippen molar-refractivity contribution in [3.8, 4) is 17.0 Å². The van der Waals surface area contributed by atoms with Crippen molar-refractivity contribution >= 4 is 11.8 Å². The lowest BCUT2D eigenvalue weighted by molar-refractivity contribution is -0.128. The summed E-state index contributed by atoms with van der Waals surface area (Å²) in [5.41, 5.74) is 2.70. The van der Waals surface area contributed by atoms with Crippen molar-refractivity contribution in [3.05, 3.63) is 47.9 Å². The van der Waals surface area contributed by atoms with Gasteiger partial charge < -0.3 is 14.5 Å². The van der Waals surface area contributed by atoms with Gasteiger partial charge in [-0.1, -0.05) is 17.3 Å². The number of carbonyl (C=O) groups excluding carboxylic acids is 2. The van der Waals surface area contributed by atoms with Crippen molar-refractivity contribution in [1.82, 2.24) is 35.0 Å². The molecular weight excluding hydrogens is 398 g/mol. The number of aromatic amines is 1. The molecule has 10 nitrogen and oxygen atoms in total. The summed E-state index contributed by atoms with van der Waals surface area (Å²) < 4.78 is 7.16. The Hall–Kier alpha value is -3.69. The Kier molecular flexibility index (Phi) is 4.89. The summed E-state index contributed by atoms with van der Waals surface area (Å²) in [5.74, 6) is 0.768. The number of carbonyl (C=O) groups is 2. The van der Waals surface area contributed by atoms with Crippen LogP contribution in [-0.4, -0.2) is 73.5 Å². The van der Waals surface area contributed by atoms with E-state index in [1.54, 1.807) is 22.8 Å². The summed E-state index contributed by atoms with van der Waals surface area (Å²) in [6, 6.07) is 9.38. The van der Waals surface area contributed by atoms with Gasteiger partial charge in [0.2, 0.25) is 5.91 Å². The van der Waals surface area contributed by atoms with E-state index < -0.39 is 0 Å². The highest BCUT2D eigenvalue weighted by molar-refractivity contribution is 5.94. The standard InChI is InChI=1S/C21H23N7O3/c1-31-19-6-3-2-5-16(19)17-9-18(24-23-17)21(30)27-12-15(13-27)28-11-14(22-25-28)10-26-8-4-7-20(26)29/h2-3,5-6,9,11,15H,4,7-8,10,12-13H2,1H3,(H,23,24). The zero-order valence-corrected chi connectivity index (χ0v) is 17.2. The van der Waals surface area contributed by atoms with Crippen LogP contribution < -0.4 is 4.74 Å². The molecule has 1 aromatic carbocycles. The minimum atomic E-state index is -0.104. The number of nitrogens with zero attached hydrogens (tertiary/aromatic N) is 6. The van der Waals surface area contributed by atoms with Gasteiger partial charge in [-0.3, -0.25) is 14.7 Å². The SMILES string of the molecule is COc1ccccc1-c1cc(C(=O)N2CC(n3cc(CN4CCCC4=O)nn3)C2)[nH]n1. The lowest BCUT2D eigenvalue weighted by Gasteiger charge is -2.38. The number of H-pyrrole nitrogens is 1. The van der Waals surface area contributed by atoms with Gasteiger partial charge in [-0.05, 0) is 24.6 Å². The monoisotopic (exact) mass is 421 g/mol. The van der Waals surface area contributed by atoms with E-state index in [1.807, 2.05) is 35.4 Å². The van der Waals surface area contributed by atoms with Gasteiger partial charge in [-0.25, -0.2) is 4.68 Å². The molecule has 3 aromatic rings. The van der Waals surface area contributed by atoms with E-state index in [0.29, 0.717) is 43.2 Å². The molecule has 0 atom stereocenters. The number of hydrogen-bond acceptors (Lipinski definition) is 6. The Morgan fingerprint density at radius 2 is 2.13 bits per heavy atom. The normalized spacial score (nSPS) is 16.6. The Morgan fingerprint density at radius 1 is 1.29 bits per heavy atom. The highest BCUT2D eigenvalue weighted by Crippen LogP contribution is 2.29. The fraction of sp³-hybridized carbons (Fsp3) is 0.381. The number of para-hydroxylation sites is 1. The van der Waals surface area contributed by atoms with Crippen LogP contribution in [0.15, 0.2) is 36.5 Å². The number of aromatic nitrogens is 5. The summed E-state index contributed by atoms with van der Waals surface area (Å²) >= 11 is 0. The van der Waals surface area contributed by atoms with E-state index in [-0.39, 0.29) is 17.9 Å². The molecule has 0 radical (unpaired) electrons. The fourth-order valence-electron chi connectivity index (χ4n) is 4.02. The topological polar surface area (TPSA) is 109 Å². The first-order valence-corrected chi connectivity index (χ1v) is 10.3. The average molecular weight is 421 g/mol. The third-order valence-electron chi connectivity index (χ3n) is 5.80. The number of rotatable bonds is 6. The number of likely N-dealkylation sites (tertiary alicyclic amines) is 2. The maximum atomic E-state index is 12.8. The molecule has 2 aliphatic rings. The molecule has 2 fully saturated rings. The summed E-state index contributed by atoms with van der Waals surface area (Å²) in [7, 11) is 1.61. The second kappa shape index (κ2) is 7.86. The van der Waals surface area contributed by atoms with Crippen molar-refractivity contribution in [2.45, 2.75) is 25.4 Å². The molecule has 10 heteroatoms. The summed E-state index contributed by atoms with van der Waals surface area (Å²) in [6.07, 6.45) is 3.38. The highest BCUT2D eigenvalue weighted by Gasteiger charge is 2.34. The zero-order chi connectivity index (χ0) is 21.4. The van der Waals surface area contributed by atoms with Gasteiger partial charge in [0.1, 0.15) is 17.1 Å². The second-order valence-electron chi connectivity index (χ2n) is 7.84. The van der Waals surface area contributed by atoms with Crippen LogP contribution in [0.4, 0.5) is 0 Å². The molecule has 2 aromatic heterocycles. The number of benzene rings is 1. The number of ether oxygens (including phenoxy) is 1. The zero-order valence-electron chi connectivity index (χ0n) is 17.2. The summed E-state index contributed by atoms with van der Waals surface area (Å²) in [4.78, 5) is 28.1. The molecule has 0 aliphatic carbocycles. The van der Waals surface area contributed by atoms with Crippen molar-refractivity contribution in [1.29, 1.82) is 0 Å². The molecule has 31 heavy (non-hydrogen) atoms. The van der Waals surface area contributed by atoms with E-state index in [0.717, 1.165) is 24.2 Å². The van der Waals surface area contributed by atoms with Gasteiger partial charge in [0.15, 0.2) is 0 Å². The van der Waals surface area contributed by atoms with E-state index in [4.69, 9.17) is 4.74 Å². The van der Waals surface area contributed by atoms with Gasteiger partial charge in [0, 0.05) is 31.6 Å². The molecule has 4 heterocycles. The van der Waals surface area contributed by atoms with Gasteiger partial charge in [-0.2, -0.15) is 5.10 Å². The van der Waals surface area contributed by atoms with Crippen LogP contribution in [0, 0.1) is 0 Å². The van der Waals surface area contributed by atoms with Gasteiger partial charge >= 0.3 is 0 Å². The van der Waals surface area contributed by atoms with Gasteiger partial charge in [0.05, 0.1) is 31.6 Å². The Bertz CT molecular complexity index is 1120.